The summed E-state index contributed by atoms with van der Waals surface area (Å²) in [6, 6.07) is 3.89. The van der Waals surface area contributed by atoms with Crippen LogP contribution in [0.4, 0.5) is 8.78 Å². The molecular formula is C6H7Cl2F2NO3. The second-order valence-electron chi connectivity index (χ2n) is 1.67. The summed E-state index contributed by atoms with van der Waals surface area (Å²) >= 11 is 9.00. The first kappa shape index (κ1) is 13.6. The van der Waals surface area contributed by atoms with Gasteiger partial charge in [-0.05, 0) is 12.1 Å². The van der Waals surface area contributed by atoms with Gasteiger partial charge in [0.2, 0.25) is 0 Å². The summed E-state index contributed by atoms with van der Waals surface area (Å²) in [5, 5.41) is 3.34. The van der Waals surface area contributed by atoms with Gasteiger partial charge >= 0.3 is 11.6 Å². The van der Waals surface area contributed by atoms with E-state index in [4.69, 9.17) is 0 Å². The average molecular weight is 250 g/mol. The molecule has 1 heterocycles. The lowest BCUT2D eigenvalue weighted by molar-refractivity contribution is -0.541. The van der Waals surface area contributed by atoms with Crippen LogP contribution >= 0.6 is 23.2 Å². The first-order valence-corrected chi connectivity index (χ1v) is 4.13. The molecule has 8 heteroatoms. The van der Waals surface area contributed by atoms with E-state index in [0.29, 0.717) is 0 Å². The first-order valence-electron chi connectivity index (χ1n) is 3.25. The largest absolute Gasteiger partial charge is 0.368 e. The highest BCUT2D eigenvalue weighted by atomic mass is 35.5. The molecule has 0 aliphatic rings. The maximum absolute atomic E-state index is 11.3. The van der Waals surface area contributed by atoms with Crippen molar-refractivity contribution in [2.75, 3.05) is 0 Å². The summed E-state index contributed by atoms with van der Waals surface area (Å²) in [5.74, 6) is -4.42. The summed E-state index contributed by atoms with van der Waals surface area (Å²) in [6.07, 6.45) is 3.75. The molecule has 14 heavy (non-hydrogen) atoms. The van der Waals surface area contributed by atoms with E-state index in [1.807, 2.05) is 24.5 Å². The Bertz CT molecular complexity index is 174. The van der Waals surface area contributed by atoms with Gasteiger partial charge in [-0.15, -0.1) is 0 Å². The predicted octanol–water partition coefficient (Wildman–Crippen LogP) is 2.86. The Balaban J connectivity index is 0.000000280. The fourth-order valence-electron chi connectivity index (χ4n) is 0.360. The quantitative estimate of drug-likeness (QED) is 0.507. The highest BCUT2D eigenvalue weighted by Crippen LogP contribution is 2.04. The van der Waals surface area contributed by atoms with Gasteiger partial charge in [-0.2, -0.15) is 18.6 Å². The molecule has 1 aromatic heterocycles. The fraction of sp³-hybridized carbons (Fsp3) is 0.333. The van der Waals surface area contributed by atoms with Gasteiger partial charge in [-0.25, -0.2) is 0 Å². The van der Waals surface area contributed by atoms with Gasteiger partial charge in [-0.1, -0.05) is 28.2 Å². The van der Waals surface area contributed by atoms with Crippen molar-refractivity contribution in [3.05, 3.63) is 24.5 Å². The summed E-state index contributed by atoms with van der Waals surface area (Å²) in [4.78, 5) is 9.67. The molecule has 1 rings (SSSR count). The zero-order chi connectivity index (χ0) is 10.8. The minimum Gasteiger partial charge on any atom is -0.368 e. The molecule has 0 aromatic carbocycles. The molecule has 1 aromatic rings. The van der Waals surface area contributed by atoms with Crippen molar-refractivity contribution in [1.82, 2.24) is 4.98 Å². The van der Waals surface area contributed by atoms with Crippen LogP contribution in [-0.2, 0) is 14.8 Å². The molecule has 0 saturated heterocycles. The Hall–Kier alpha value is -0.400. The van der Waals surface area contributed by atoms with Crippen LogP contribution < -0.4 is 0 Å². The Morgan fingerprint density at radius 3 is 1.64 bits per heavy atom. The van der Waals surface area contributed by atoms with Crippen LogP contribution in [0.1, 0.15) is 0 Å². The number of aromatic nitrogens is 1. The Labute approximate surface area is 88.5 Å². The second kappa shape index (κ2) is 9.17. The highest BCUT2D eigenvalue weighted by Gasteiger charge is 2.05. The minimum absolute atomic E-state index is 1.88. The van der Waals surface area contributed by atoms with Crippen molar-refractivity contribution in [3.63, 3.8) is 0 Å². The molecule has 0 fully saturated rings. The molecule has 0 aliphatic heterocycles. The average Bonchev–Trinajstić information content (AvgIpc) is 2.58. The lowest BCUT2D eigenvalue weighted by atomic mass is 10.7. The van der Waals surface area contributed by atoms with Gasteiger partial charge in [0.15, 0.2) is 0 Å². The molecule has 4 nitrogen and oxygen atoms in total. The van der Waals surface area contributed by atoms with E-state index in [0.717, 1.165) is 0 Å². The zero-order valence-corrected chi connectivity index (χ0v) is 8.21. The van der Waals surface area contributed by atoms with E-state index in [1.165, 1.54) is 0 Å². The maximum atomic E-state index is 11.3. The van der Waals surface area contributed by atoms with Crippen molar-refractivity contribution in [3.8, 4) is 0 Å². The zero-order valence-electron chi connectivity index (χ0n) is 6.70. The van der Waals surface area contributed by atoms with Gasteiger partial charge in [0, 0.05) is 12.4 Å². The van der Waals surface area contributed by atoms with E-state index in [2.05, 4.69) is 43.0 Å². The van der Waals surface area contributed by atoms with Crippen molar-refractivity contribution in [2.45, 2.75) is 11.6 Å². The number of rotatable bonds is 4. The third kappa shape index (κ3) is 11.6. The Kier molecular flexibility index (Phi) is 8.90. The van der Waals surface area contributed by atoms with E-state index in [1.54, 1.807) is 0 Å². The number of hydrogen-bond donors (Lipinski definition) is 1. The summed E-state index contributed by atoms with van der Waals surface area (Å²) in [6.45, 7) is 0. The van der Waals surface area contributed by atoms with Crippen molar-refractivity contribution in [2.24, 2.45) is 0 Å². The molecule has 1 N–H and O–H groups in total. The Morgan fingerprint density at radius 1 is 1.00 bits per heavy atom. The molecule has 82 valence electrons. The molecule has 0 amide bonds. The standard InChI is InChI=1S/C4H5N.C2H2Cl2F2O3/c1-2-4-5-3-1;3-1(5)7-9-8-2(4)6/h1-5H;1-2H. The van der Waals surface area contributed by atoms with Crippen LogP contribution in [0.3, 0.4) is 0 Å². The topological polar surface area (TPSA) is 43.5 Å². The number of halogens is 4. The third-order valence-electron chi connectivity index (χ3n) is 0.720. The molecule has 0 saturated carbocycles. The molecule has 0 radical (unpaired) electrons. The summed E-state index contributed by atoms with van der Waals surface area (Å²) < 4.78 is 22.6. The van der Waals surface area contributed by atoms with Crippen LogP contribution in [-0.4, -0.2) is 16.6 Å². The van der Waals surface area contributed by atoms with Crippen LogP contribution in [0.15, 0.2) is 24.5 Å². The lowest BCUT2D eigenvalue weighted by Crippen LogP contribution is -2.03. The lowest BCUT2D eigenvalue weighted by Gasteiger charge is -1.99. The summed E-state index contributed by atoms with van der Waals surface area (Å²) in [7, 11) is 0. The first-order chi connectivity index (χ1) is 6.63. The van der Waals surface area contributed by atoms with Gasteiger partial charge in [0.25, 0.3) is 0 Å². The van der Waals surface area contributed by atoms with Crippen molar-refractivity contribution >= 4 is 23.2 Å². The van der Waals surface area contributed by atoms with Crippen molar-refractivity contribution < 1.29 is 23.6 Å². The maximum Gasteiger partial charge on any atom is 0.308 e. The monoisotopic (exact) mass is 249 g/mol. The van der Waals surface area contributed by atoms with Crippen LogP contribution in [0.2, 0.25) is 0 Å². The highest BCUT2D eigenvalue weighted by molar-refractivity contribution is 6.18. The van der Waals surface area contributed by atoms with Gasteiger partial charge in [0.05, 0.1) is 0 Å². The number of alkyl halides is 4. The van der Waals surface area contributed by atoms with E-state index in [-0.39, 0.29) is 0 Å². The van der Waals surface area contributed by atoms with Crippen molar-refractivity contribution in [1.29, 1.82) is 0 Å². The number of H-pyrrole nitrogens is 1. The summed E-state index contributed by atoms with van der Waals surface area (Å²) in [5.41, 5.74) is 0. The molecule has 0 spiro atoms. The Morgan fingerprint density at radius 2 is 1.43 bits per heavy atom. The minimum atomic E-state index is -2.21. The van der Waals surface area contributed by atoms with Gasteiger partial charge in [0.1, 0.15) is 0 Å². The van der Waals surface area contributed by atoms with Crippen LogP contribution in [0.5, 0.6) is 0 Å². The van der Waals surface area contributed by atoms with Gasteiger partial charge in [-0.3, -0.25) is 0 Å². The normalized spacial score (nSPS) is 14.0. The molecule has 0 bridgehead atoms. The van der Waals surface area contributed by atoms with E-state index in [9.17, 15) is 8.78 Å². The SMILES string of the molecule is FC(Cl)OOOC(F)Cl.c1cc[nH]c1. The van der Waals surface area contributed by atoms with E-state index < -0.39 is 11.6 Å². The number of nitrogens with one attached hydrogen (secondary N) is 1. The molecule has 0 aliphatic carbocycles. The third-order valence-corrected chi connectivity index (χ3v) is 0.866. The molecule has 2 unspecified atom stereocenters. The van der Waals surface area contributed by atoms with Gasteiger partial charge < -0.3 is 4.98 Å². The number of hydrogen-bond acceptors (Lipinski definition) is 3. The van der Waals surface area contributed by atoms with Crippen LogP contribution in [0, 0.1) is 0 Å². The van der Waals surface area contributed by atoms with Crippen LogP contribution in [0.25, 0.3) is 0 Å². The number of aromatic amines is 1. The van der Waals surface area contributed by atoms with E-state index >= 15 is 0 Å². The fourth-order valence-corrected chi connectivity index (χ4v) is 0.419. The molecular weight excluding hydrogens is 243 g/mol. The predicted molar refractivity (Wildman–Crippen MR) is 45.5 cm³/mol. The molecule has 2 atom stereocenters. The second-order valence-corrected chi connectivity index (χ2v) is 2.35. The smallest absolute Gasteiger partial charge is 0.308 e.